The SMILES string of the molecule is Cc1cccc(NC(=O)Nc2ccc(Cl)c(Cl)c2)c1C#N. The van der Waals surface area contributed by atoms with E-state index in [2.05, 4.69) is 16.7 Å². The van der Waals surface area contributed by atoms with E-state index in [0.29, 0.717) is 27.0 Å². The summed E-state index contributed by atoms with van der Waals surface area (Å²) < 4.78 is 0. The van der Waals surface area contributed by atoms with E-state index in [9.17, 15) is 4.79 Å². The summed E-state index contributed by atoms with van der Waals surface area (Å²) in [6.07, 6.45) is 0. The van der Waals surface area contributed by atoms with Crippen LogP contribution in [0.2, 0.25) is 10.0 Å². The van der Waals surface area contributed by atoms with Crippen LogP contribution in [0.5, 0.6) is 0 Å². The molecule has 2 aromatic rings. The van der Waals surface area contributed by atoms with Crippen molar-refractivity contribution in [3.63, 3.8) is 0 Å². The lowest BCUT2D eigenvalue weighted by Gasteiger charge is -2.10. The van der Waals surface area contributed by atoms with Gasteiger partial charge in [-0.25, -0.2) is 4.79 Å². The number of urea groups is 1. The minimum Gasteiger partial charge on any atom is -0.308 e. The van der Waals surface area contributed by atoms with Gasteiger partial charge in [0.15, 0.2) is 0 Å². The molecule has 4 nitrogen and oxygen atoms in total. The van der Waals surface area contributed by atoms with Crippen molar-refractivity contribution in [2.24, 2.45) is 0 Å². The molecule has 0 heterocycles. The Morgan fingerprint density at radius 1 is 1.14 bits per heavy atom. The van der Waals surface area contributed by atoms with Gasteiger partial charge in [0.05, 0.1) is 21.3 Å². The summed E-state index contributed by atoms with van der Waals surface area (Å²) in [7, 11) is 0. The van der Waals surface area contributed by atoms with E-state index in [4.69, 9.17) is 28.5 Å². The molecule has 2 N–H and O–H groups in total. The fourth-order valence-electron chi connectivity index (χ4n) is 1.78. The highest BCUT2D eigenvalue weighted by Crippen LogP contribution is 2.25. The maximum absolute atomic E-state index is 11.9. The summed E-state index contributed by atoms with van der Waals surface area (Å²) in [6.45, 7) is 1.81. The summed E-state index contributed by atoms with van der Waals surface area (Å²) in [4.78, 5) is 11.9. The van der Waals surface area contributed by atoms with Crippen LogP contribution in [-0.4, -0.2) is 6.03 Å². The molecule has 0 unspecified atom stereocenters. The highest BCUT2D eigenvalue weighted by molar-refractivity contribution is 6.42. The Balaban J connectivity index is 2.14. The number of nitrogens with zero attached hydrogens (tertiary/aromatic N) is 1. The van der Waals surface area contributed by atoms with Gasteiger partial charge in [-0.2, -0.15) is 5.26 Å². The van der Waals surface area contributed by atoms with Crippen LogP contribution in [0.3, 0.4) is 0 Å². The molecule has 2 rings (SSSR count). The average Bonchev–Trinajstić information content (AvgIpc) is 2.43. The van der Waals surface area contributed by atoms with E-state index >= 15 is 0 Å². The normalized spacial score (nSPS) is 9.81. The van der Waals surface area contributed by atoms with Crippen LogP contribution in [0, 0.1) is 18.3 Å². The van der Waals surface area contributed by atoms with Crippen molar-refractivity contribution < 1.29 is 4.79 Å². The number of halogens is 2. The van der Waals surface area contributed by atoms with Gasteiger partial charge in [-0.3, -0.25) is 0 Å². The first-order valence-electron chi connectivity index (χ1n) is 6.04. The zero-order valence-electron chi connectivity index (χ0n) is 11.1. The Labute approximate surface area is 132 Å². The molecule has 106 valence electrons. The lowest BCUT2D eigenvalue weighted by molar-refractivity contribution is 0.262. The number of anilines is 2. The lowest BCUT2D eigenvalue weighted by Crippen LogP contribution is -2.20. The number of carbonyl (C=O) groups excluding carboxylic acids is 1. The predicted octanol–water partition coefficient (Wildman–Crippen LogP) is 4.82. The van der Waals surface area contributed by atoms with Crippen LogP contribution in [-0.2, 0) is 0 Å². The highest BCUT2D eigenvalue weighted by atomic mass is 35.5. The molecule has 0 atom stereocenters. The van der Waals surface area contributed by atoms with Crippen LogP contribution in [0.4, 0.5) is 16.2 Å². The van der Waals surface area contributed by atoms with Crippen LogP contribution < -0.4 is 10.6 Å². The zero-order chi connectivity index (χ0) is 15.4. The monoisotopic (exact) mass is 319 g/mol. The smallest absolute Gasteiger partial charge is 0.308 e. The second-order valence-electron chi connectivity index (χ2n) is 4.32. The van der Waals surface area contributed by atoms with Crippen LogP contribution in [0.25, 0.3) is 0 Å². The Kier molecular flexibility index (Phi) is 4.69. The third-order valence-electron chi connectivity index (χ3n) is 2.81. The fourth-order valence-corrected chi connectivity index (χ4v) is 2.08. The second-order valence-corrected chi connectivity index (χ2v) is 5.13. The predicted molar refractivity (Wildman–Crippen MR) is 85.0 cm³/mol. The number of nitriles is 1. The molecule has 6 heteroatoms. The van der Waals surface area contributed by atoms with Crippen LogP contribution >= 0.6 is 23.2 Å². The third kappa shape index (κ3) is 3.66. The maximum atomic E-state index is 11.9. The first-order chi connectivity index (χ1) is 10.0. The molecule has 0 aromatic heterocycles. The molecule has 2 amide bonds. The van der Waals surface area contributed by atoms with Crippen molar-refractivity contribution in [1.29, 1.82) is 5.26 Å². The van der Waals surface area contributed by atoms with E-state index < -0.39 is 6.03 Å². The molecule has 0 aliphatic carbocycles. The molecule has 0 saturated carbocycles. The van der Waals surface area contributed by atoms with E-state index in [0.717, 1.165) is 5.56 Å². The molecule has 0 saturated heterocycles. The molecule has 21 heavy (non-hydrogen) atoms. The average molecular weight is 320 g/mol. The largest absolute Gasteiger partial charge is 0.323 e. The first-order valence-corrected chi connectivity index (χ1v) is 6.79. The minimum atomic E-state index is -0.463. The number of hydrogen-bond donors (Lipinski definition) is 2. The van der Waals surface area contributed by atoms with E-state index in [1.165, 1.54) is 0 Å². The van der Waals surface area contributed by atoms with Gasteiger partial charge in [-0.1, -0.05) is 35.3 Å². The van der Waals surface area contributed by atoms with Gasteiger partial charge < -0.3 is 10.6 Å². The quantitative estimate of drug-likeness (QED) is 0.833. The Morgan fingerprint density at radius 2 is 1.90 bits per heavy atom. The summed E-state index contributed by atoms with van der Waals surface area (Å²) in [6, 6.07) is 11.6. The van der Waals surface area contributed by atoms with Crippen LogP contribution in [0.1, 0.15) is 11.1 Å². The lowest BCUT2D eigenvalue weighted by atomic mass is 10.1. The molecule has 0 bridgehead atoms. The maximum Gasteiger partial charge on any atom is 0.323 e. The number of carbonyl (C=O) groups is 1. The van der Waals surface area contributed by atoms with E-state index in [1.54, 1.807) is 43.3 Å². The second kappa shape index (κ2) is 6.49. The zero-order valence-corrected chi connectivity index (χ0v) is 12.6. The number of aryl methyl sites for hydroxylation is 1. The summed E-state index contributed by atoms with van der Waals surface area (Å²) >= 11 is 11.7. The van der Waals surface area contributed by atoms with Crippen molar-refractivity contribution in [3.05, 3.63) is 57.6 Å². The number of benzene rings is 2. The van der Waals surface area contributed by atoms with Gasteiger partial charge in [0.25, 0.3) is 0 Å². The number of rotatable bonds is 2. The van der Waals surface area contributed by atoms with Gasteiger partial charge >= 0.3 is 6.03 Å². The summed E-state index contributed by atoms with van der Waals surface area (Å²) in [5.74, 6) is 0. The minimum absolute atomic E-state index is 0.350. The standard InChI is InChI=1S/C15H11Cl2N3O/c1-9-3-2-4-14(11(9)8-18)20-15(21)19-10-5-6-12(16)13(17)7-10/h2-7H,1H3,(H2,19,20,21). The summed E-state index contributed by atoms with van der Waals surface area (Å²) in [5.41, 5.74) is 2.19. The molecule has 0 radical (unpaired) electrons. The molecule has 0 aliphatic heterocycles. The fraction of sp³-hybridized carbons (Fsp3) is 0.0667. The van der Waals surface area contributed by atoms with Gasteiger partial charge in [0.2, 0.25) is 0 Å². The molecular formula is C15H11Cl2N3O. The van der Waals surface area contributed by atoms with Crippen molar-refractivity contribution in [2.75, 3.05) is 10.6 Å². The Bertz CT molecular complexity index is 738. The number of hydrogen-bond acceptors (Lipinski definition) is 2. The molecule has 0 aliphatic rings. The van der Waals surface area contributed by atoms with E-state index in [-0.39, 0.29) is 0 Å². The van der Waals surface area contributed by atoms with Crippen molar-refractivity contribution in [3.8, 4) is 6.07 Å². The van der Waals surface area contributed by atoms with E-state index in [1.807, 2.05) is 0 Å². The van der Waals surface area contributed by atoms with Gasteiger partial charge in [0, 0.05) is 5.69 Å². The Morgan fingerprint density at radius 3 is 2.57 bits per heavy atom. The van der Waals surface area contributed by atoms with Crippen molar-refractivity contribution in [1.82, 2.24) is 0 Å². The summed E-state index contributed by atoms with van der Waals surface area (Å²) in [5, 5.41) is 15.1. The van der Waals surface area contributed by atoms with Crippen molar-refractivity contribution >= 4 is 40.6 Å². The van der Waals surface area contributed by atoms with Crippen molar-refractivity contribution in [2.45, 2.75) is 6.92 Å². The highest BCUT2D eigenvalue weighted by Gasteiger charge is 2.09. The molecule has 2 aromatic carbocycles. The van der Waals surface area contributed by atoms with Gasteiger partial charge in [-0.05, 0) is 36.8 Å². The molecule has 0 fully saturated rings. The van der Waals surface area contributed by atoms with Gasteiger partial charge in [0.1, 0.15) is 6.07 Å². The number of nitrogens with one attached hydrogen (secondary N) is 2. The Hall–Kier alpha value is -2.22. The number of amides is 2. The molecule has 0 spiro atoms. The third-order valence-corrected chi connectivity index (χ3v) is 3.55. The first kappa shape index (κ1) is 15.2. The van der Waals surface area contributed by atoms with Crippen LogP contribution in [0.15, 0.2) is 36.4 Å². The molecular weight excluding hydrogens is 309 g/mol. The topological polar surface area (TPSA) is 64.9 Å². The van der Waals surface area contributed by atoms with Gasteiger partial charge in [-0.15, -0.1) is 0 Å².